The van der Waals surface area contributed by atoms with Crippen LogP contribution in [-0.2, 0) is 28.9 Å². The van der Waals surface area contributed by atoms with Crippen molar-refractivity contribution >= 4 is 34.2 Å². The molecule has 0 aromatic carbocycles. The van der Waals surface area contributed by atoms with Crippen molar-refractivity contribution < 1.29 is 19.2 Å². The van der Waals surface area contributed by atoms with E-state index in [0.29, 0.717) is 23.5 Å². The summed E-state index contributed by atoms with van der Waals surface area (Å²) < 4.78 is 6.51. The third-order valence-corrected chi connectivity index (χ3v) is 5.59. The van der Waals surface area contributed by atoms with Crippen LogP contribution in [0.25, 0.3) is 0 Å². The second kappa shape index (κ2) is 8.91. The van der Waals surface area contributed by atoms with Gasteiger partial charge in [-0.1, -0.05) is 4.98 Å². The van der Waals surface area contributed by atoms with E-state index in [1.54, 1.807) is 6.92 Å². The molecule has 150 valence electrons. The number of nitrogens with one attached hydrogen (secondary N) is 1. The maximum atomic E-state index is 12.4. The lowest BCUT2D eigenvalue weighted by atomic mass is 9.95. The Hall–Kier alpha value is -2.82. The van der Waals surface area contributed by atoms with Crippen molar-refractivity contribution in [3.8, 4) is 0 Å². The molecular formula is C17H21N5O5S. The van der Waals surface area contributed by atoms with Crippen molar-refractivity contribution in [1.82, 2.24) is 14.8 Å². The minimum Gasteiger partial charge on any atom is -0.462 e. The molecule has 2 heterocycles. The Morgan fingerprint density at radius 1 is 1.39 bits per heavy atom. The van der Waals surface area contributed by atoms with Gasteiger partial charge in [-0.3, -0.25) is 4.79 Å². The van der Waals surface area contributed by atoms with Gasteiger partial charge in [-0.2, -0.15) is 4.68 Å². The number of carbonyl (C=O) groups is 2. The first-order valence-electron chi connectivity index (χ1n) is 9.15. The molecule has 28 heavy (non-hydrogen) atoms. The molecular weight excluding hydrogens is 386 g/mol. The van der Waals surface area contributed by atoms with Crippen LogP contribution < -0.4 is 5.32 Å². The van der Waals surface area contributed by atoms with Crippen molar-refractivity contribution in [2.75, 3.05) is 11.9 Å². The highest BCUT2D eigenvalue weighted by molar-refractivity contribution is 7.17. The lowest BCUT2D eigenvalue weighted by molar-refractivity contribution is -0.394. The molecule has 10 nitrogen and oxygen atoms in total. The Morgan fingerprint density at radius 2 is 2.18 bits per heavy atom. The molecule has 0 bridgehead atoms. The van der Waals surface area contributed by atoms with E-state index in [2.05, 4.69) is 15.4 Å². The molecule has 0 spiro atoms. The van der Waals surface area contributed by atoms with E-state index in [9.17, 15) is 19.7 Å². The molecule has 1 aliphatic carbocycles. The predicted octanol–water partition coefficient (Wildman–Crippen LogP) is 2.72. The average Bonchev–Trinajstić information content (AvgIpc) is 3.26. The van der Waals surface area contributed by atoms with Crippen LogP contribution in [0.15, 0.2) is 6.33 Å². The molecule has 0 saturated heterocycles. The first kappa shape index (κ1) is 19.9. The van der Waals surface area contributed by atoms with Crippen molar-refractivity contribution in [2.24, 2.45) is 0 Å². The van der Waals surface area contributed by atoms with E-state index < -0.39 is 16.8 Å². The molecule has 0 unspecified atom stereocenters. The fourth-order valence-electron chi connectivity index (χ4n) is 3.14. The molecule has 3 rings (SSSR count). The summed E-state index contributed by atoms with van der Waals surface area (Å²) in [6.45, 7) is 2.37. The normalized spacial score (nSPS) is 13.0. The lowest BCUT2D eigenvalue weighted by Gasteiger charge is -2.12. The van der Waals surface area contributed by atoms with Gasteiger partial charge in [0.2, 0.25) is 12.2 Å². The maximum absolute atomic E-state index is 12.4. The highest BCUT2D eigenvalue weighted by Gasteiger charge is 2.27. The van der Waals surface area contributed by atoms with Gasteiger partial charge in [0.05, 0.1) is 18.7 Å². The Morgan fingerprint density at radius 3 is 2.89 bits per heavy atom. The Labute approximate surface area is 165 Å². The molecule has 0 atom stereocenters. The minimum absolute atomic E-state index is 0.193. The first-order valence-corrected chi connectivity index (χ1v) is 9.96. The van der Waals surface area contributed by atoms with Crippen LogP contribution in [0, 0.1) is 10.1 Å². The van der Waals surface area contributed by atoms with Gasteiger partial charge in [-0.25, -0.2) is 4.79 Å². The third-order valence-electron chi connectivity index (χ3n) is 4.38. The standard InChI is InChI=1S/C17H21N5O5S/c1-2-27-16(24)14-11-6-3-4-7-12(11)28-15(14)19-13(23)8-5-9-21-10-18-17(20-21)22(25)26/h10H,2-9H2,1H3,(H,19,23). The molecule has 1 amide bonds. The van der Waals surface area contributed by atoms with Gasteiger partial charge < -0.3 is 20.2 Å². The van der Waals surface area contributed by atoms with Crippen molar-refractivity contribution in [2.45, 2.75) is 52.0 Å². The summed E-state index contributed by atoms with van der Waals surface area (Å²) in [5.41, 5.74) is 1.49. The van der Waals surface area contributed by atoms with Crippen LogP contribution in [0.4, 0.5) is 10.9 Å². The van der Waals surface area contributed by atoms with Crippen molar-refractivity contribution in [1.29, 1.82) is 0 Å². The van der Waals surface area contributed by atoms with Gasteiger partial charge in [-0.05, 0) is 49.5 Å². The maximum Gasteiger partial charge on any atom is 0.490 e. The highest BCUT2D eigenvalue weighted by atomic mass is 32.1. The molecule has 0 fully saturated rings. The molecule has 0 radical (unpaired) electrons. The van der Waals surface area contributed by atoms with E-state index in [-0.39, 0.29) is 18.9 Å². The van der Waals surface area contributed by atoms with Gasteiger partial charge in [0.25, 0.3) is 0 Å². The summed E-state index contributed by atoms with van der Waals surface area (Å²) in [7, 11) is 0. The van der Waals surface area contributed by atoms with E-state index in [4.69, 9.17) is 4.74 Å². The lowest BCUT2D eigenvalue weighted by Crippen LogP contribution is -2.16. The number of aromatic nitrogens is 3. The highest BCUT2D eigenvalue weighted by Crippen LogP contribution is 2.38. The van der Waals surface area contributed by atoms with E-state index in [1.165, 1.54) is 22.3 Å². The number of hydrogen-bond donors (Lipinski definition) is 1. The second-order valence-corrected chi connectivity index (χ2v) is 7.46. The number of ether oxygens (including phenoxy) is 1. The van der Waals surface area contributed by atoms with Crippen LogP contribution in [0.3, 0.4) is 0 Å². The zero-order valence-electron chi connectivity index (χ0n) is 15.5. The smallest absolute Gasteiger partial charge is 0.462 e. The van der Waals surface area contributed by atoms with Gasteiger partial charge in [0, 0.05) is 16.4 Å². The van der Waals surface area contributed by atoms with Gasteiger partial charge in [-0.15, -0.1) is 11.3 Å². The summed E-state index contributed by atoms with van der Waals surface area (Å²) in [4.78, 5) is 39.4. The predicted molar refractivity (Wildman–Crippen MR) is 101 cm³/mol. The van der Waals surface area contributed by atoms with Gasteiger partial charge in [0.15, 0.2) is 0 Å². The number of hydrogen-bond acceptors (Lipinski definition) is 8. The largest absolute Gasteiger partial charge is 0.490 e. The van der Waals surface area contributed by atoms with Crippen LogP contribution in [0.2, 0.25) is 0 Å². The topological polar surface area (TPSA) is 129 Å². The quantitative estimate of drug-likeness (QED) is 0.404. The number of rotatable bonds is 8. The molecule has 11 heteroatoms. The molecule has 0 aliphatic heterocycles. The number of esters is 1. The average molecular weight is 407 g/mol. The Kier molecular flexibility index (Phi) is 6.34. The second-order valence-electron chi connectivity index (χ2n) is 6.35. The SMILES string of the molecule is CCOC(=O)c1c(NC(=O)CCCn2cnc([N+](=O)[O-])n2)sc2c1CCCC2. The number of fused-ring (bicyclic) bond motifs is 1. The summed E-state index contributed by atoms with van der Waals surface area (Å²) in [5.74, 6) is -1.08. The van der Waals surface area contributed by atoms with Crippen LogP contribution in [0.5, 0.6) is 0 Å². The zero-order chi connectivity index (χ0) is 20.1. The van der Waals surface area contributed by atoms with Gasteiger partial charge in [0.1, 0.15) is 5.00 Å². The number of aryl methyl sites for hydroxylation is 2. The molecule has 2 aromatic heterocycles. The third kappa shape index (κ3) is 4.53. The monoisotopic (exact) mass is 407 g/mol. The number of anilines is 1. The summed E-state index contributed by atoms with van der Waals surface area (Å²) in [6.07, 6.45) is 5.72. The van der Waals surface area contributed by atoms with Gasteiger partial charge >= 0.3 is 11.9 Å². The summed E-state index contributed by atoms with van der Waals surface area (Å²) in [6, 6.07) is 0. The van der Waals surface area contributed by atoms with E-state index >= 15 is 0 Å². The summed E-state index contributed by atoms with van der Waals surface area (Å²) in [5, 5.41) is 17.7. The van der Waals surface area contributed by atoms with E-state index in [1.807, 2.05) is 0 Å². The number of nitrogens with zero attached hydrogens (tertiary/aromatic N) is 4. The number of amides is 1. The Bertz CT molecular complexity index is 891. The first-order chi connectivity index (χ1) is 13.5. The van der Waals surface area contributed by atoms with Crippen LogP contribution >= 0.6 is 11.3 Å². The fourth-order valence-corrected chi connectivity index (χ4v) is 4.43. The molecule has 1 N–H and O–H groups in total. The number of carbonyl (C=O) groups excluding carboxylic acids is 2. The van der Waals surface area contributed by atoms with Crippen molar-refractivity contribution in [3.05, 3.63) is 32.4 Å². The fraction of sp³-hybridized carbons (Fsp3) is 0.529. The van der Waals surface area contributed by atoms with Crippen LogP contribution in [0.1, 0.15) is 53.4 Å². The Balaban J connectivity index is 1.62. The molecule has 1 aliphatic rings. The number of nitro groups is 1. The van der Waals surface area contributed by atoms with Crippen molar-refractivity contribution in [3.63, 3.8) is 0 Å². The minimum atomic E-state index is -0.668. The zero-order valence-corrected chi connectivity index (χ0v) is 16.3. The van der Waals surface area contributed by atoms with Crippen LogP contribution in [-0.4, -0.2) is 38.2 Å². The summed E-state index contributed by atoms with van der Waals surface area (Å²) >= 11 is 1.45. The van der Waals surface area contributed by atoms with E-state index in [0.717, 1.165) is 36.1 Å². The molecule has 0 saturated carbocycles. The molecule has 2 aromatic rings. The number of thiophene rings is 1.